The fraction of sp³-hybridized carbons (Fsp3) is 0.600. The molecule has 5 nitrogen and oxygen atoms in total. The highest BCUT2D eigenvalue weighted by Crippen LogP contribution is 2.33. The van der Waals surface area contributed by atoms with E-state index in [1.54, 1.807) is 12.1 Å². The van der Waals surface area contributed by atoms with Crippen LogP contribution < -0.4 is 10.1 Å². The minimum absolute atomic E-state index is 0.00318. The number of rotatable bonds is 4. The molecule has 2 rings (SSSR count). The first kappa shape index (κ1) is 14.6. The molecule has 0 heterocycles. The van der Waals surface area contributed by atoms with E-state index in [2.05, 4.69) is 19.2 Å². The van der Waals surface area contributed by atoms with E-state index in [0.717, 1.165) is 30.4 Å². The summed E-state index contributed by atoms with van der Waals surface area (Å²) in [7, 11) is 1.46. The summed E-state index contributed by atoms with van der Waals surface area (Å²) in [6.45, 7) is 4.56. The largest absolute Gasteiger partial charge is 0.490 e. The van der Waals surface area contributed by atoms with Gasteiger partial charge >= 0.3 is 5.69 Å². The monoisotopic (exact) mass is 278 g/mol. The molecule has 2 atom stereocenters. The molecule has 0 radical (unpaired) electrons. The number of hydrogen-bond donors (Lipinski definition) is 1. The van der Waals surface area contributed by atoms with Gasteiger partial charge in [0.05, 0.1) is 12.0 Å². The summed E-state index contributed by atoms with van der Waals surface area (Å²) in [6.07, 6.45) is 3.56. The molecule has 0 saturated heterocycles. The Morgan fingerprint density at radius 3 is 2.45 bits per heavy atom. The van der Waals surface area contributed by atoms with Crippen LogP contribution in [0.25, 0.3) is 0 Å². The topological polar surface area (TPSA) is 64.4 Å². The first-order valence-electron chi connectivity index (χ1n) is 7.08. The number of ether oxygens (including phenoxy) is 1. The van der Waals surface area contributed by atoms with Crippen LogP contribution in [0.1, 0.15) is 33.1 Å². The molecule has 0 bridgehead atoms. The maximum atomic E-state index is 10.9. The van der Waals surface area contributed by atoms with Crippen LogP contribution >= 0.6 is 0 Å². The molecular formula is C15H22N2O3. The number of nitro benzene ring substituents is 1. The Kier molecular flexibility index (Phi) is 4.47. The standard InChI is InChI=1S/C15H22N2O3/c1-10-6-11(2)8-13(7-10)16-12-4-5-14(17(18)19)15(9-12)20-3/h4-5,9-11,13,16H,6-8H2,1-3H3. The predicted octanol–water partition coefficient (Wildman–Crippen LogP) is 3.84. The third-order valence-electron chi connectivity index (χ3n) is 3.93. The van der Waals surface area contributed by atoms with Gasteiger partial charge in [0, 0.05) is 23.9 Å². The molecule has 1 aromatic rings. The molecule has 1 fully saturated rings. The molecule has 110 valence electrons. The van der Waals surface area contributed by atoms with Gasteiger partial charge in [-0.15, -0.1) is 0 Å². The minimum Gasteiger partial charge on any atom is -0.490 e. The molecule has 1 saturated carbocycles. The summed E-state index contributed by atoms with van der Waals surface area (Å²) in [6, 6.07) is 5.39. The van der Waals surface area contributed by atoms with Gasteiger partial charge in [0.15, 0.2) is 5.75 Å². The van der Waals surface area contributed by atoms with Gasteiger partial charge in [0.25, 0.3) is 0 Å². The molecule has 20 heavy (non-hydrogen) atoms. The summed E-state index contributed by atoms with van der Waals surface area (Å²) < 4.78 is 5.10. The van der Waals surface area contributed by atoms with Crippen molar-refractivity contribution in [3.05, 3.63) is 28.3 Å². The maximum Gasteiger partial charge on any atom is 0.311 e. The number of nitrogens with zero attached hydrogens (tertiary/aromatic N) is 1. The molecule has 1 aliphatic rings. The van der Waals surface area contributed by atoms with E-state index < -0.39 is 4.92 Å². The third kappa shape index (κ3) is 3.40. The third-order valence-corrected chi connectivity index (χ3v) is 3.93. The van der Waals surface area contributed by atoms with Crippen LogP contribution in [0.4, 0.5) is 11.4 Å². The lowest BCUT2D eigenvalue weighted by Crippen LogP contribution is -2.30. The molecule has 0 aromatic heterocycles. The highest BCUT2D eigenvalue weighted by Gasteiger charge is 2.24. The second-order valence-electron chi connectivity index (χ2n) is 5.90. The first-order valence-corrected chi connectivity index (χ1v) is 7.08. The lowest BCUT2D eigenvalue weighted by molar-refractivity contribution is -0.385. The summed E-state index contributed by atoms with van der Waals surface area (Å²) in [4.78, 5) is 10.4. The number of hydrogen-bond acceptors (Lipinski definition) is 4. The van der Waals surface area contributed by atoms with Crippen LogP contribution in [0.3, 0.4) is 0 Å². The van der Waals surface area contributed by atoms with Gasteiger partial charge in [-0.1, -0.05) is 13.8 Å². The van der Waals surface area contributed by atoms with Gasteiger partial charge in [-0.05, 0) is 37.2 Å². The van der Waals surface area contributed by atoms with Crippen molar-refractivity contribution in [1.82, 2.24) is 0 Å². The second kappa shape index (κ2) is 6.11. The molecule has 1 aliphatic carbocycles. The summed E-state index contributed by atoms with van der Waals surface area (Å²) in [5, 5.41) is 14.4. The van der Waals surface area contributed by atoms with Gasteiger partial charge in [-0.2, -0.15) is 0 Å². The Morgan fingerprint density at radius 2 is 1.90 bits per heavy atom. The summed E-state index contributed by atoms with van der Waals surface area (Å²) >= 11 is 0. The molecule has 0 spiro atoms. The lowest BCUT2D eigenvalue weighted by atomic mass is 9.80. The fourth-order valence-electron chi connectivity index (χ4n) is 3.22. The number of nitrogens with one attached hydrogen (secondary N) is 1. The zero-order chi connectivity index (χ0) is 14.7. The average molecular weight is 278 g/mol. The SMILES string of the molecule is COc1cc(NC2CC(C)CC(C)C2)ccc1[N+](=O)[O-]. The quantitative estimate of drug-likeness (QED) is 0.671. The van der Waals surface area contributed by atoms with Crippen molar-refractivity contribution < 1.29 is 9.66 Å². The molecule has 1 N–H and O–H groups in total. The van der Waals surface area contributed by atoms with E-state index in [-0.39, 0.29) is 5.69 Å². The van der Waals surface area contributed by atoms with E-state index in [4.69, 9.17) is 4.74 Å². The normalized spacial score (nSPS) is 26.1. The Balaban J connectivity index is 2.11. The van der Waals surface area contributed by atoms with Gasteiger partial charge in [-0.25, -0.2) is 0 Å². The lowest BCUT2D eigenvalue weighted by Gasteiger charge is -2.32. The van der Waals surface area contributed by atoms with Gasteiger partial charge in [-0.3, -0.25) is 10.1 Å². The van der Waals surface area contributed by atoms with E-state index in [0.29, 0.717) is 11.8 Å². The highest BCUT2D eigenvalue weighted by atomic mass is 16.6. The van der Waals surface area contributed by atoms with Gasteiger partial charge in [0.1, 0.15) is 0 Å². The summed E-state index contributed by atoms with van der Waals surface area (Å²) in [5.41, 5.74) is 0.891. The highest BCUT2D eigenvalue weighted by molar-refractivity contribution is 5.58. The van der Waals surface area contributed by atoms with E-state index >= 15 is 0 Å². The zero-order valence-electron chi connectivity index (χ0n) is 12.3. The number of benzene rings is 1. The van der Waals surface area contributed by atoms with Crippen molar-refractivity contribution in [3.63, 3.8) is 0 Å². The molecule has 2 unspecified atom stereocenters. The molecule has 0 amide bonds. The van der Waals surface area contributed by atoms with Crippen molar-refractivity contribution in [2.75, 3.05) is 12.4 Å². The van der Waals surface area contributed by atoms with Crippen molar-refractivity contribution in [2.24, 2.45) is 11.8 Å². The van der Waals surface area contributed by atoms with Crippen molar-refractivity contribution in [3.8, 4) is 5.75 Å². The van der Waals surface area contributed by atoms with Crippen LogP contribution in [0.2, 0.25) is 0 Å². The minimum atomic E-state index is -0.423. The number of anilines is 1. The molecular weight excluding hydrogens is 256 g/mol. The Labute approximate surface area is 119 Å². The van der Waals surface area contributed by atoms with Gasteiger partial charge < -0.3 is 10.1 Å². The van der Waals surface area contributed by atoms with Crippen LogP contribution in [-0.4, -0.2) is 18.1 Å². The molecule has 0 aliphatic heterocycles. The van der Waals surface area contributed by atoms with E-state index in [9.17, 15) is 10.1 Å². The van der Waals surface area contributed by atoms with Crippen molar-refractivity contribution >= 4 is 11.4 Å². The van der Waals surface area contributed by atoms with Crippen LogP contribution in [0.15, 0.2) is 18.2 Å². The first-order chi connectivity index (χ1) is 9.49. The fourth-order valence-corrected chi connectivity index (χ4v) is 3.22. The van der Waals surface area contributed by atoms with Crippen molar-refractivity contribution in [1.29, 1.82) is 0 Å². The maximum absolute atomic E-state index is 10.9. The summed E-state index contributed by atoms with van der Waals surface area (Å²) in [5.74, 6) is 1.74. The zero-order valence-corrected chi connectivity index (χ0v) is 12.3. The number of nitro groups is 1. The molecule has 5 heteroatoms. The van der Waals surface area contributed by atoms with Crippen molar-refractivity contribution in [2.45, 2.75) is 39.2 Å². The van der Waals surface area contributed by atoms with Crippen LogP contribution in [0.5, 0.6) is 5.75 Å². The second-order valence-corrected chi connectivity index (χ2v) is 5.90. The van der Waals surface area contributed by atoms with E-state index in [1.165, 1.54) is 19.6 Å². The smallest absolute Gasteiger partial charge is 0.311 e. The van der Waals surface area contributed by atoms with Crippen LogP contribution in [0, 0.1) is 22.0 Å². The molecule has 1 aromatic carbocycles. The Bertz CT molecular complexity index is 480. The van der Waals surface area contributed by atoms with Crippen LogP contribution in [-0.2, 0) is 0 Å². The predicted molar refractivity (Wildman–Crippen MR) is 79.2 cm³/mol. The number of methoxy groups -OCH3 is 1. The van der Waals surface area contributed by atoms with Gasteiger partial charge in [0.2, 0.25) is 0 Å². The Morgan fingerprint density at radius 1 is 1.25 bits per heavy atom. The average Bonchev–Trinajstić information content (AvgIpc) is 2.37. The Hall–Kier alpha value is -1.78. The van der Waals surface area contributed by atoms with E-state index in [1.807, 2.05) is 0 Å².